The molecule has 8 heteroatoms. The van der Waals surface area contributed by atoms with Crippen molar-refractivity contribution in [2.24, 2.45) is 5.10 Å². The molecule has 0 atom stereocenters. The molecule has 0 aliphatic carbocycles. The third kappa shape index (κ3) is 6.47. The maximum Gasteiger partial charge on any atom is 0.250 e. The summed E-state index contributed by atoms with van der Waals surface area (Å²) in [6.45, 7) is 5.26. The Kier molecular flexibility index (Phi) is 8.53. The number of benzene rings is 2. The topological polar surface area (TPSA) is 72.8 Å². The Hall–Kier alpha value is -2.58. The van der Waals surface area contributed by atoms with Crippen LogP contribution in [0.4, 0.5) is 0 Å². The number of nitrogens with one attached hydrogen (secondary N) is 1. The van der Waals surface area contributed by atoms with Crippen LogP contribution in [0.15, 0.2) is 51.9 Å². The van der Waals surface area contributed by atoms with Gasteiger partial charge in [0.2, 0.25) is 0 Å². The zero-order valence-corrected chi connectivity index (χ0v) is 18.7. The Bertz CT molecular complexity index is 971. The maximum absolute atomic E-state index is 12.1. The molecule has 3 aromatic rings. The third-order valence-corrected chi connectivity index (χ3v) is 6.21. The highest BCUT2D eigenvalue weighted by molar-refractivity contribution is 8.01. The lowest BCUT2D eigenvalue weighted by Gasteiger charge is -2.12. The van der Waals surface area contributed by atoms with Gasteiger partial charge in [-0.25, -0.2) is 10.4 Å². The molecule has 1 N–H and O–H groups in total. The van der Waals surface area contributed by atoms with E-state index in [0.29, 0.717) is 19.0 Å². The summed E-state index contributed by atoms with van der Waals surface area (Å²) in [7, 11) is 0. The molecule has 158 valence electrons. The zero-order valence-electron chi connectivity index (χ0n) is 17.1. The number of aromatic nitrogens is 1. The molecule has 0 aliphatic rings. The average Bonchev–Trinajstić information content (AvgIpc) is 3.17. The van der Waals surface area contributed by atoms with E-state index in [1.807, 2.05) is 49.4 Å². The van der Waals surface area contributed by atoms with Crippen LogP contribution in [0.25, 0.3) is 10.2 Å². The summed E-state index contributed by atoms with van der Waals surface area (Å²) in [5.41, 5.74) is 4.33. The minimum Gasteiger partial charge on any atom is -0.490 e. The standard InChI is InChI=1S/C22H25N3O3S2/c1-3-5-12-28-18-11-10-16(13-19(18)27-4-2)14-23-25-21(26)15-29-22-24-17-8-6-7-9-20(17)30-22/h6-11,13-14H,3-5,12,15H2,1-2H3,(H,25,26)/b23-14-. The summed E-state index contributed by atoms with van der Waals surface area (Å²) in [5.74, 6) is 1.47. The molecule has 0 unspecified atom stereocenters. The largest absolute Gasteiger partial charge is 0.490 e. The van der Waals surface area contributed by atoms with Crippen LogP contribution in [0.2, 0.25) is 0 Å². The van der Waals surface area contributed by atoms with Gasteiger partial charge < -0.3 is 9.47 Å². The Morgan fingerprint density at radius 3 is 2.87 bits per heavy atom. The number of fused-ring (bicyclic) bond motifs is 1. The second kappa shape index (κ2) is 11.6. The number of carbonyl (C=O) groups is 1. The van der Waals surface area contributed by atoms with E-state index >= 15 is 0 Å². The summed E-state index contributed by atoms with van der Waals surface area (Å²) in [4.78, 5) is 16.6. The molecule has 1 heterocycles. The first-order valence-electron chi connectivity index (χ1n) is 9.89. The van der Waals surface area contributed by atoms with Crippen molar-refractivity contribution in [3.05, 3.63) is 48.0 Å². The number of hydrazone groups is 1. The van der Waals surface area contributed by atoms with Crippen LogP contribution in [0.5, 0.6) is 11.5 Å². The summed E-state index contributed by atoms with van der Waals surface area (Å²) in [6.07, 6.45) is 3.67. The van der Waals surface area contributed by atoms with Gasteiger partial charge in [0.25, 0.3) is 5.91 Å². The summed E-state index contributed by atoms with van der Waals surface area (Å²) < 4.78 is 13.4. The number of rotatable bonds is 11. The first-order valence-corrected chi connectivity index (χ1v) is 11.7. The number of ether oxygens (including phenoxy) is 2. The molecular formula is C22H25N3O3S2. The number of unbranched alkanes of at least 4 members (excludes halogenated alkanes) is 1. The first-order chi connectivity index (χ1) is 14.7. The van der Waals surface area contributed by atoms with Crippen LogP contribution in [-0.4, -0.2) is 36.1 Å². The van der Waals surface area contributed by atoms with Crippen LogP contribution in [-0.2, 0) is 4.79 Å². The van der Waals surface area contributed by atoms with E-state index in [1.54, 1.807) is 17.6 Å². The van der Waals surface area contributed by atoms with Gasteiger partial charge in [0.15, 0.2) is 15.8 Å². The SMILES string of the molecule is CCCCOc1ccc(/C=N\NC(=O)CSc2nc3ccccc3s2)cc1OCC. The lowest BCUT2D eigenvalue weighted by molar-refractivity contribution is -0.118. The van der Waals surface area contributed by atoms with Gasteiger partial charge in [-0.05, 0) is 49.2 Å². The number of para-hydroxylation sites is 1. The normalized spacial score (nSPS) is 11.1. The fraction of sp³-hybridized carbons (Fsp3) is 0.318. The summed E-state index contributed by atoms with van der Waals surface area (Å²) >= 11 is 2.99. The van der Waals surface area contributed by atoms with Gasteiger partial charge in [-0.15, -0.1) is 11.3 Å². The van der Waals surface area contributed by atoms with Gasteiger partial charge in [-0.2, -0.15) is 5.10 Å². The number of amides is 1. The summed E-state index contributed by atoms with van der Waals surface area (Å²) in [6, 6.07) is 13.5. The van der Waals surface area contributed by atoms with E-state index in [9.17, 15) is 4.79 Å². The number of nitrogens with zero attached hydrogens (tertiary/aromatic N) is 2. The van der Waals surface area contributed by atoms with Crippen molar-refractivity contribution >= 4 is 45.4 Å². The van der Waals surface area contributed by atoms with E-state index < -0.39 is 0 Å². The maximum atomic E-state index is 12.1. The third-order valence-electron chi connectivity index (χ3n) is 4.03. The van der Waals surface area contributed by atoms with E-state index in [4.69, 9.17) is 9.47 Å². The van der Waals surface area contributed by atoms with Crippen molar-refractivity contribution in [2.75, 3.05) is 19.0 Å². The number of hydrogen-bond acceptors (Lipinski definition) is 7. The Morgan fingerprint density at radius 1 is 1.20 bits per heavy atom. The van der Waals surface area contributed by atoms with Gasteiger partial charge in [0, 0.05) is 0 Å². The molecule has 0 spiro atoms. The van der Waals surface area contributed by atoms with Gasteiger partial charge >= 0.3 is 0 Å². The fourth-order valence-corrected chi connectivity index (χ4v) is 4.43. The Morgan fingerprint density at radius 2 is 2.07 bits per heavy atom. The predicted molar refractivity (Wildman–Crippen MR) is 124 cm³/mol. The molecule has 0 saturated carbocycles. The Labute approximate surface area is 184 Å². The molecule has 1 aromatic heterocycles. The monoisotopic (exact) mass is 443 g/mol. The van der Waals surface area contributed by atoms with Gasteiger partial charge in [0.1, 0.15) is 0 Å². The number of thioether (sulfide) groups is 1. The van der Waals surface area contributed by atoms with E-state index in [0.717, 1.165) is 38.7 Å². The fourth-order valence-electron chi connectivity index (χ4n) is 2.57. The molecule has 0 aliphatic heterocycles. The number of hydrogen-bond donors (Lipinski definition) is 1. The number of carbonyl (C=O) groups excluding carboxylic acids is 1. The predicted octanol–water partition coefficient (Wildman–Crippen LogP) is 5.12. The van der Waals surface area contributed by atoms with Crippen LogP contribution in [0.1, 0.15) is 32.3 Å². The van der Waals surface area contributed by atoms with Crippen molar-refractivity contribution in [2.45, 2.75) is 31.0 Å². The molecule has 30 heavy (non-hydrogen) atoms. The van der Waals surface area contributed by atoms with Crippen LogP contribution in [0.3, 0.4) is 0 Å². The van der Waals surface area contributed by atoms with E-state index in [2.05, 4.69) is 22.4 Å². The van der Waals surface area contributed by atoms with Crippen molar-refractivity contribution in [3.63, 3.8) is 0 Å². The summed E-state index contributed by atoms with van der Waals surface area (Å²) in [5, 5.41) is 4.05. The van der Waals surface area contributed by atoms with Crippen molar-refractivity contribution in [1.82, 2.24) is 10.4 Å². The molecule has 2 aromatic carbocycles. The van der Waals surface area contributed by atoms with Gasteiger partial charge in [0.05, 0.1) is 35.4 Å². The highest BCUT2D eigenvalue weighted by atomic mass is 32.2. The number of thiazole rings is 1. The molecule has 6 nitrogen and oxygen atoms in total. The molecule has 3 rings (SSSR count). The lowest BCUT2D eigenvalue weighted by atomic mass is 10.2. The van der Waals surface area contributed by atoms with Crippen LogP contribution in [0, 0.1) is 0 Å². The minimum absolute atomic E-state index is 0.181. The van der Waals surface area contributed by atoms with E-state index in [-0.39, 0.29) is 11.7 Å². The molecule has 0 radical (unpaired) electrons. The second-order valence-electron chi connectivity index (χ2n) is 6.37. The van der Waals surface area contributed by atoms with Crippen molar-refractivity contribution in [3.8, 4) is 11.5 Å². The van der Waals surface area contributed by atoms with Gasteiger partial charge in [-0.3, -0.25) is 4.79 Å². The first kappa shape index (κ1) is 22.1. The van der Waals surface area contributed by atoms with Crippen molar-refractivity contribution < 1.29 is 14.3 Å². The van der Waals surface area contributed by atoms with Crippen molar-refractivity contribution in [1.29, 1.82) is 0 Å². The van der Waals surface area contributed by atoms with Crippen LogP contribution >= 0.6 is 23.1 Å². The smallest absolute Gasteiger partial charge is 0.250 e. The molecule has 1 amide bonds. The minimum atomic E-state index is -0.181. The average molecular weight is 444 g/mol. The molecular weight excluding hydrogens is 418 g/mol. The highest BCUT2D eigenvalue weighted by Gasteiger charge is 2.08. The lowest BCUT2D eigenvalue weighted by Crippen LogP contribution is -2.19. The molecule has 0 saturated heterocycles. The quantitative estimate of drug-likeness (QED) is 0.193. The van der Waals surface area contributed by atoms with Crippen LogP contribution < -0.4 is 14.9 Å². The van der Waals surface area contributed by atoms with Gasteiger partial charge in [-0.1, -0.05) is 37.2 Å². The zero-order chi connectivity index (χ0) is 21.2. The second-order valence-corrected chi connectivity index (χ2v) is 8.62. The molecule has 0 fully saturated rings. The molecule has 0 bridgehead atoms. The Balaban J connectivity index is 1.51. The highest BCUT2D eigenvalue weighted by Crippen LogP contribution is 2.29. The van der Waals surface area contributed by atoms with E-state index in [1.165, 1.54) is 11.8 Å².